The summed E-state index contributed by atoms with van der Waals surface area (Å²) in [6, 6.07) is 15.8. The summed E-state index contributed by atoms with van der Waals surface area (Å²) in [5, 5.41) is 32.3. The Bertz CT molecular complexity index is 1530. The molecule has 5 rings (SSSR count). The molecule has 32 heavy (non-hydrogen) atoms. The number of fused-ring (bicyclic) bond motifs is 1. The second kappa shape index (κ2) is 8.06. The lowest BCUT2D eigenvalue weighted by molar-refractivity contribution is 0.650. The van der Waals surface area contributed by atoms with Gasteiger partial charge in [0.25, 0.3) is 0 Å². The first-order valence-corrected chi connectivity index (χ1v) is 10.6. The van der Waals surface area contributed by atoms with Crippen LogP contribution >= 0.6 is 11.8 Å². The molecular formula is C23H16N8S. The van der Waals surface area contributed by atoms with E-state index in [1.165, 1.54) is 11.8 Å². The highest BCUT2D eigenvalue weighted by atomic mass is 32.2. The Hall–Kier alpha value is -4.34. The van der Waals surface area contributed by atoms with Gasteiger partial charge in [-0.15, -0.1) is 0 Å². The van der Waals surface area contributed by atoms with Crippen LogP contribution in [0.5, 0.6) is 0 Å². The highest BCUT2D eigenvalue weighted by Crippen LogP contribution is 2.37. The summed E-state index contributed by atoms with van der Waals surface area (Å²) in [4.78, 5) is 1.67. The number of nitriles is 2. The minimum Gasteiger partial charge on any atom is -0.275 e. The highest BCUT2D eigenvalue weighted by Gasteiger charge is 2.15. The fraction of sp³-hybridized carbons (Fsp3) is 0.0870. The minimum atomic E-state index is 0.485. The average molecular weight is 437 g/mol. The molecule has 0 radical (unpaired) electrons. The van der Waals surface area contributed by atoms with Crippen LogP contribution in [0.15, 0.2) is 77.2 Å². The van der Waals surface area contributed by atoms with Crippen molar-refractivity contribution in [2.45, 2.75) is 16.3 Å². The summed E-state index contributed by atoms with van der Waals surface area (Å²) in [5.74, 6) is 0. The van der Waals surface area contributed by atoms with Crippen molar-refractivity contribution in [1.82, 2.24) is 29.2 Å². The molecule has 0 aliphatic heterocycles. The van der Waals surface area contributed by atoms with Crippen molar-refractivity contribution in [3.05, 3.63) is 84.2 Å². The number of nitrogens with zero attached hydrogens (tertiary/aromatic N) is 8. The van der Waals surface area contributed by atoms with Gasteiger partial charge in [0.05, 0.1) is 41.3 Å². The Balaban J connectivity index is 1.57. The van der Waals surface area contributed by atoms with Crippen LogP contribution in [-0.2, 0) is 13.6 Å². The second-order valence-corrected chi connectivity index (χ2v) is 8.26. The van der Waals surface area contributed by atoms with Crippen LogP contribution < -0.4 is 0 Å². The van der Waals surface area contributed by atoms with E-state index in [0.29, 0.717) is 17.7 Å². The zero-order chi connectivity index (χ0) is 22.1. The summed E-state index contributed by atoms with van der Waals surface area (Å²) >= 11 is 1.45. The second-order valence-electron chi connectivity index (χ2n) is 7.17. The van der Waals surface area contributed by atoms with Crippen LogP contribution in [0.4, 0.5) is 0 Å². The van der Waals surface area contributed by atoms with Gasteiger partial charge >= 0.3 is 0 Å². The van der Waals surface area contributed by atoms with E-state index in [-0.39, 0.29) is 0 Å². The molecule has 0 atom stereocenters. The van der Waals surface area contributed by atoms with Gasteiger partial charge in [-0.3, -0.25) is 9.36 Å². The fourth-order valence-corrected chi connectivity index (χ4v) is 4.57. The van der Waals surface area contributed by atoms with Crippen LogP contribution in [-0.4, -0.2) is 29.2 Å². The molecule has 1 aromatic carbocycles. The third-order valence-electron chi connectivity index (χ3n) is 4.98. The Labute approximate surface area is 187 Å². The molecule has 0 fully saturated rings. The van der Waals surface area contributed by atoms with E-state index in [9.17, 15) is 10.5 Å². The molecule has 0 saturated heterocycles. The van der Waals surface area contributed by atoms with Crippen molar-refractivity contribution in [1.29, 1.82) is 10.5 Å². The maximum absolute atomic E-state index is 9.56. The molecule has 9 heteroatoms. The summed E-state index contributed by atoms with van der Waals surface area (Å²) in [6.07, 6.45) is 9.11. The SMILES string of the molecule is Cn1ccc(Cn2cc(-c3cc(Sc4ccccc4C#N)c4c(C#N)cnn4c3)cn2)n1. The molecule has 0 unspecified atom stereocenters. The van der Waals surface area contributed by atoms with E-state index in [4.69, 9.17) is 0 Å². The Morgan fingerprint density at radius 3 is 2.56 bits per heavy atom. The van der Waals surface area contributed by atoms with Crippen LogP contribution in [0.25, 0.3) is 16.6 Å². The molecule has 4 aromatic heterocycles. The summed E-state index contributed by atoms with van der Waals surface area (Å²) in [5.41, 5.74) is 4.55. The monoisotopic (exact) mass is 436 g/mol. The van der Waals surface area contributed by atoms with E-state index in [1.807, 2.05) is 60.7 Å². The maximum atomic E-state index is 9.56. The van der Waals surface area contributed by atoms with Crippen LogP contribution in [0.2, 0.25) is 0 Å². The lowest BCUT2D eigenvalue weighted by Gasteiger charge is -2.09. The lowest BCUT2D eigenvalue weighted by atomic mass is 10.1. The van der Waals surface area contributed by atoms with Crippen molar-refractivity contribution in [3.8, 4) is 23.3 Å². The van der Waals surface area contributed by atoms with Gasteiger partial charge in [-0.25, -0.2) is 4.52 Å². The summed E-state index contributed by atoms with van der Waals surface area (Å²) < 4.78 is 5.31. The quantitative estimate of drug-likeness (QED) is 0.415. The fourth-order valence-electron chi connectivity index (χ4n) is 3.48. The van der Waals surface area contributed by atoms with Gasteiger partial charge in [-0.2, -0.15) is 25.8 Å². The van der Waals surface area contributed by atoms with Crippen molar-refractivity contribution in [3.63, 3.8) is 0 Å². The highest BCUT2D eigenvalue weighted by molar-refractivity contribution is 7.99. The van der Waals surface area contributed by atoms with Crippen molar-refractivity contribution in [2.24, 2.45) is 7.05 Å². The molecule has 0 aliphatic rings. The third-order valence-corrected chi connectivity index (χ3v) is 6.09. The molecule has 0 N–H and O–H groups in total. The molecule has 0 amide bonds. The van der Waals surface area contributed by atoms with Gasteiger partial charge in [0.15, 0.2) is 0 Å². The number of pyridine rings is 1. The number of aromatic nitrogens is 6. The van der Waals surface area contributed by atoms with E-state index in [2.05, 4.69) is 27.4 Å². The topological polar surface area (TPSA) is 101 Å². The van der Waals surface area contributed by atoms with Gasteiger partial charge in [-0.05, 0) is 24.3 Å². The Morgan fingerprint density at radius 2 is 1.78 bits per heavy atom. The van der Waals surface area contributed by atoms with Gasteiger partial charge in [-0.1, -0.05) is 23.9 Å². The largest absolute Gasteiger partial charge is 0.275 e. The normalized spacial score (nSPS) is 10.8. The molecule has 0 aliphatic carbocycles. The number of rotatable bonds is 5. The van der Waals surface area contributed by atoms with Crippen molar-refractivity contribution >= 4 is 17.3 Å². The molecule has 0 bridgehead atoms. The van der Waals surface area contributed by atoms with Gasteiger partial charge in [0.2, 0.25) is 0 Å². The van der Waals surface area contributed by atoms with Gasteiger partial charge < -0.3 is 0 Å². The number of hydrogen-bond acceptors (Lipinski definition) is 6. The maximum Gasteiger partial charge on any atom is 0.103 e. The standard InChI is InChI=1S/C23H16N8S/c1-29-7-6-20(28-29)15-30-13-19(12-26-30)17-8-22(23-18(10-25)11-27-31(23)14-17)32-21-5-3-2-4-16(21)9-24/h2-8,11-14H,15H2,1H3. The average Bonchev–Trinajstić information content (AvgIpc) is 3.54. The number of benzene rings is 1. The molecule has 5 aromatic rings. The van der Waals surface area contributed by atoms with E-state index in [0.717, 1.165) is 32.1 Å². The number of hydrogen-bond donors (Lipinski definition) is 0. The van der Waals surface area contributed by atoms with E-state index >= 15 is 0 Å². The third kappa shape index (κ3) is 3.62. The first-order chi connectivity index (χ1) is 15.6. The molecule has 8 nitrogen and oxygen atoms in total. The predicted octanol–water partition coefficient (Wildman–Crippen LogP) is 3.87. The van der Waals surface area contributed by atoms with Crippen LogP contribution in [0, 0.1) is 22.7 Å². The zero-order valence-electron chi connectivity index (χ0n) is 17.0. The minimum absolute atomic E-state index is 0.485. The molecule has 0 spiro atoms. The van der Waals surface area contributed by atoms with Crippen molar-refractivity contribution < 1.29 is 0 Å². The molecule has 0 saturated carbocycles. The first-order valence-electron chi connectivity index (χ1n) is 9.74. The van der Waals surface area contributed by atoms with Crippen molar-refractivity contribution in [2.75, 3.05) is 0 Å². The van der Waals surface area contributed by atoms with Crippen LogP contribution in [0.3, 0.4) is 0 Å². The first kappa shape index (κ1) is 19.6. The summed E-state index contributed by atoms with van der Waals surface area (Å²) in [7, 11) is 1.89. The van der Waals surface area contributed by atoms with E-state index < -0.39 is 0 Å². The lowest BCUT2D eigenvalue weighted by Crippen LogP contribution is -2.01. The Morgan fingerprint density at radius 1 is 0.938 bits per heavy atom. The van der Waals surface area contributed by atoms with Gasteiger partial charge in [0, 0.05) is 46.6 Å². The van der Waals surface area contributed by atoms with Gasteiger partial charge in [0.1, 0.15) is 12.1 Å². The molecule has 4 heterocycles. The van der Waals surface area contributed by atoms with Crippen LogP contribution in [0.1, 0.15) is 16.8 Å². The predicted molar refractivity (Wildman–Crippen MR) is 119 cm³/mol. The smallest absolute Gasteiger partial charge is 0.103 e. The molecular weight excluding hydrogens is 420 g/mol. The molecule has 154 valence electrons. The number of aryl methyl sites for hydroxylation is 1. The zero-order valence-corrected chi connectivity index (χ0v) is 17.9. The summed E-state index contributed by atoms with van der Waals surface area (Å²) in [6.45, 7) is 0.570. The Kier molecular flexibility index (Phi) is 4.94. The van der Waals surface area contributed by atoms with E-state index in [1.54, 1.807) is 27.7 Å².